The number of piperazine rings is 1. The molecule has 6 nitrogen and oxygen atoms in total. The summed E-state index contributed by atoms with van der Waals surface area (Å²) in [5, 5.41) is 9.00. The minimum Gasteiger partial charge on any atom is -0.338 e. The van der Waals surface area contributed by atoms with E-state index in [4.69, 9.17) is 5.26 Å². The van der Waals surface area contributed by atoms with Gasteiger partial charge in [-0.1, -0.05) is 0 Å². The van der Waals surface area contributed by atoms with Gasteiger partial charge in [0.05, 0.1) is 6.07 Å². The molecule has 1 saturated heterocycles. The molecule has 0 bridgehead atoms. The van der Waals surface area contributed by atoms with Crippen molar-refractivity contribution in [2.24, 2.45) is 5.41 Å². The van der Waals surface area contributed by atoms with E-state index in [0.717, 1.165) is 0 Å². The van der Waals surface area contributed by atoms with Crippen molar-refractivity contribution in [3.8, 4) is 6.07 Å². The fourth-order valence-corrected chi connectivity index (χ4v) is 2.01. The number of rotatable bonds is 2. The van der Waals surface area contributed by atoms with Gasteiger partial charge in [-0.15, -0.1) is 0 Å². The van der Waals surface area contributed by atoms with E-state index in [0.29, 0.717) is 32.1 Å². The zero-order valence-electron chi connectivity index (χ0n) is 11.2. The molecule has 1 aromatic heterocycles. The lowest BCUT2D eigenvalue weighted by Crippen LogP contribution is -2.52. The Morgan fingerprint density at radius 1 is 1.26 bits per heavy atom. The normalized spacial score (nSPS) is 16.1. The van der Waals surface area contributed by atoms with Gasteiger partial charge in [0, 0.05) is 38.6 Å². The molecule has 0 spiro atoms. The fraction of sp³-hybridized carbons (Fsp3) is 0.538. The molecule has 0 N–H and O–H groups in total. The van der Waals surface area contributed by atoms with E-state index in [9.17, 15) is 4.79 Å². The van der Waals surface area contributed by atoms with Crippen molar-refractivity contribution in [1.82, 2.24) is 14.9 Å². The third-order valence-electron chi connectivity index (χ3n) is 3.22. The molecule has 1 aliphatic rings. The molecule has 0 atom stereocenters. The van der Waals surface area contributed by atoms with Crippen molar-refractivity contribution < 1.29 is 4.79 Å². The molecular formula is C13H17N5O. The highest BCUT2D eigenvalue weighted by atomic mass is 16.2. The van der Waals surface area contributed by atoms with Gasteiger partial charge in [0.1, 0.15) is 5.41 Å². The van der Waals surface area contributed by atoms with E-state index in [1.165, 1.54) is 0 Å². The maximum atomic E-state index is 12.1. The second-order valence-corrected chi connectivity index (χ2v) is 5.06. The highest BCUT2D eigenvalue weighted by Gasteiger charge is 2.33. The number of hydrogen-bond acceptors (Lipinski definition) is 5. The lowest BCUT2D eigenvalue weighted by molar-refractivity contribution is -0.137. The summed E-state index contributed by atoms with van der Waals surface area (Å²) in [7, 11) is 0. The minimum absolute atomic E-state index is 0.108. The molecule has 1 fully saturated rings. The highest BCUT2D eigenvalue weighted by molar-refractivity contribution is 5.84. The van der Waals surface area contributed by atoms with Crippen molar-refractivity contribution in [2.45, 2.75) is 13.8 Å². The molecule has 0 radical (unpaired) electrons. The summed E-state index contributed by atoms with van der Waals surface area (Å²) in [6.07, 6.45) is 3.41. The fourth-order valence-electron chi connectivity index (χ4n) is 2.01. The van der Waals surface area contributed by atoms with Crippen LogP contribution in [0.25, 0.3) is 0 Å². The standard InChI is InChI=1S/C13H17N5O/c1-13(2,10-14)11(19)17-6-8-18(9-7-17)12-15-4-3-5-16-12/h3-5H,6-9H2,1-2H3. The molecule has 1 aromatic rings. The average Bonchev–Trinajstić information content (AvgIpc) is 2.47. The van der Waals surface area contributed by atoms with Gasteiger partial charge in [0.25, 0.3) is 0 Å². The van der Waals surface area contributed by atoms with Crippen molar-refractivity contribution in [2.75, 3.05) is 31.1 Å². The Hall–Kier alpha value is -2.16. The molecule has 0 aromatic carbocycles. The van der Waals surface area contributed by atoms with E-state index in [-0.39, 0.29) is 5.91 Å². The summed E-state index contributed by atoms with van der Waals surface area (Å²) in [6.45, 7) is 5.89. The monoisotopic (exact) mass is 259 g/mol. The molecule has 0 aliphatic carbocycles. The Morgan fingerprint density at radius 2 is 1.84 bits per heavy atom. The number of anilines is 1. The number of nitriles is 1. The quantitative estimate of drug-likeness (QED) is 0.780. The first-order valence-electron chi connectivity index (χ1n) is 6.27. The number of hydrogen-bond donors (Lipinski definition) is 0. The summed E-state index contributed by atoms with van der Waals surface area (Å²) >= 11 is 0. The predicted molar refractivity (Wildman–Crippen MR) is 70.2 cm³/mol. The average molecular weight is 259 g/mol. The molecule has 1 aliphatic heterocycles. The first kappa shape index (κ1) is 13.3. The SMILES string of the molecule is CC(C)(C#N)C(=O)N1CCN(c2ncccn2)CC1. The van der Waals surface area contributed by atoms with E-state index in [1.54, 1.807) is 37.2 Å². The predicted octanol–water partition coefficient (Wildman–Crippen LogP) is 0.675. The Balaban J connectivity index is 1.97. The third kappa shape index (κ3) is 2.81. The molecule has 100 valence electrons. The number of aromatic nitrogens is 2. The van der Waals surface area contributed by atoms with Crippen LogP contribution in [0.3, 0.4) is 0 Å². The Bertz CT molecular complexity index is 486. The van der Waals surface area contributed by atoms with E-state index < -0.39 is 5.41 Å². The van der Waals surface area contributed by atoms with Crippen LogP contribution < -0.4 is 4.90 Å². The minimum atomic E-state index is -0.953. The van der Waals surface area contributed by atoms with Crippen LogP contribution in [0.15, 0.2) is 18.5 Å². The molecular weight excluding hydrogens is 242 g/mol. The first-order valence-corrected chi connectivity index (χ1v) is 6.27. The van der Waals surface area contributed by atoms with E-state index in [2.05, 4.69) is 16.0 Å². The van der Waals surface area contributed by atoms with Gasteiger partial charge in [-0.05, 0) is 19.9 Å². The van der Waals surface area contributed by atoms with Crippen molar-refractivity contribution >= 4 is 11.9 Å². The van der Waals surface area contributed by atoms with Crippen LogP contribution in [0, 0.1) is 16.7 Å². The van der Waals surface area contributed by atoms with E-state index in [1.807, 2.05) is 4.90 Å². The van der Waals surface area contributed by atoms with Gasteiger partial charge >= 0.3 is 0 Å². The summed E-state index contributed by atoms with van der Waals surface area (Å²) in [4.78, 5) is 24.3. The lowest BCUT2D eigenvalue weighted by Gasteiger charge is -2.36. The molecule has 19 heavy (non-hydrogen) atoms. The van der Waals surface area contributed by atoms with Crippen molar-refractivity contribution in [3.63, 3.8) is 0 Å². The topological polar surface area (TPSA) is 73.1 Å². The van der Waals surface area contributed by atoms with Gasteiger partial charge in [0.2, 0.25) is 11.9 Å². The second kappa shape index (κ2) is 5.22. The smallest absolute Gasteiger partial charge is 0.242 e. The van der Waals surface area contributed by atoms with Gasteiger partial charge in [-0.2, -0.15) is 5.26 Å². The zero-order valence-corrected chi connectivity index (χ0v) is 11.2. The van der Waals surface area contributed by atoms with Gasteiger partial charge in [-0.3, -0.25) is 4.79 Å². The van der Waals surface area contributed by atoms with Crippen LogP contribution in [0.4, 0.5) is 5.95 Å². The molecule has 2 rings (SSSR count). The Labute approximate surface area is 112 Å². The number of nitrogens with zero attached hydrogens (tertiary/aromatic N) is 5. The summed E-state index contributed by atoms with van der Waals surface area (Å²) in [5.74, 6) is 0.581. The first-order chi connectivity index (χ1) is 9.04. The molecule has 2 heterocycles. The van der Waals surface area contributed by atoms with Crippen LogP contribution in [0.5, 0.6) is 0 Å². The van der Waals surface area contributed by atoms with Gasteiger partial charge in [-0.25, -0.2) is 9.97 Å². The number of carbonyl (C=O) groups excluding carboxylic acids is 1. The summed E-state index contributed by atoms with van der Waals surface area (Å²) in [5.41, 5.74) is -0.953. The van der Waals surface area contributed by atoms with Crippen molar-refractivity contribution in [3.05, 3.63) is 18.5 Å². The van der Waals surface area contributed by atoms with Crippen LogP contribution in [0.1, 0.15) is 13.8 Å². The maximum absolute atomic E-state index is 12.1. The molecule has 6 heteroatoms. The van der Waals surface area contributed by atoms with Crippen LogP contribution in [0.2, 0.25) is 0 Å². The number of amides is 1. The summed E-state index contributed by atoms with van der Waals surface area (Å²) < 4.78 is 0. The van der Waals surface area contributed by atoms with Crippen molar-refractivity contribution in [1.29, 1.82) is 5.26 Å². The largest absolute Gasteiger partial charge is 0.338 e. The lowest BCUT2D eigenvalue weighted by atomic mass is 9.93. The molecule has 0 unspecified atom stereocenters. The van der Waals surface area contributed by atoms with Gasteiger partial charge in [0.15, 0.2) is 0 Å². The highest BCUT2D eigenvalue weighted by Crippen LogP contribution is 2.19. The maximum Gasteiger partial charge on any atom is 0.242 e. The third-order valence-corrected chi connectivity index (χ3v) is 3.22. The zero-order chi connectivity index (χ0) is 13.9. The van der Waals surface area contributed by atoms with Crippen LogP contribution in [-0.4, -0.2) is 47.0 Å². The van der Waals surface area contributed by atoms with E-state index >= 15 is 0 Å². The molecule has 1 amide bonds. The Morgan fingerprint density at radius 3 is 2.37 bits per heavy atom. The van der Waals surface area contributed by atoms with Gasteiger partial charge < -0.3 is 9.80 Å². The molecule has 0 saturated carbocycles. The van der Waals surface area contributed by atoms with Crippen LogP contribution >= 0.6 is 0 Å². The summed E-state index contributed by atoms with van der Waals surface area (Å²) in [6, 6.07) is 3.83. The second-order valence-electron chi connectivity index (χ2n) is 5.06. The van der Waals surface area contributed by atoms with Crippen LogP contribution in [-0.2, 0) is 4.79 Å². The Kier molecular flexibility index (Phi) is 3.65. The number of carbonyl (C=O) groups is 1.